The van der Waals surface area contributed by atoms with Crippen LogP contribution in [0.15, 0.2) is 0 Å². The minimum absolute atomic E-state index is 0.0155. The smallest absolute Gasteiger partial charge is 0.0877 e. The van der Waals surface area contributed by atoms with E-state index in [4.69, 9.17) is 9.47 Å². The average molecular weight is 297 g/mol. The van der Waals surface area contributed by atoms with Crippen LogP contribution in [0, 0.1) is 17.8 Å². The van der Waals surface area contributed by atoms with Crippen LogP contribution in [0.2, 0.25) is 0 Å². The van der Waals surface area contributed by atoms with Crippen LogP contribution in [0.5, 0.6) is 0 Å². The Hall–Kier alpha value is -0.120. The van der Waals surface area contributed by atoms with Crippen LogP contribution >= 0.6 is 0 Å². The Morgan fingerprint density at radius 1 is 1.19 bits per heavy atom. The summed E-state index contributed by atoms with van der Waals surface area (Å²) in [6, 6.07) is 0.487. The fraction of sp³-hybridized carbons (Fsp3) is 1.00. The molecular weight excluding hydrogens is 262 g/mol. The van der Waals surface area contributed by atoms with Crippen LogP contribution in [0.25, 0.3) is 0 Å². The topological polar surface area (TPSA) is 30.5 Å². The van der Waals surface area contributed by atoms with Crippen LogP contribution < -0.4 is 5.32 Å². The summed E-state index contributed by atoms with van der Waals surface area (Å²) < 4.78 is 11.7. The molecule has 0 spiro atoms. The highest BCUT2D eigenvalue weighted by Crippen LogP contribution is 2.41. The number of nitrogens with one attached hydrogen (secondary N) is 1. The molecule has 2 fully saturated rings. The molecule has 1 heterocycles. The molecule has 2 rings (SSSR count). The molecule has 0 amide bonds. The summed E-state index contributed by atoms with van der Waals surface area (Å²) in [7, 11) is 1.90. The molecule has 0 aromatic rings. The van der Waals surface area contributed by atoms with Crippen molar-refractivity contribution >= 4 is 0 Å². The van der Waals surface area contributed by atoms with E-state index in [1.54, 1.807) is 0 Å². The zero-order valence-corrected chi connectivity index (χ0v) is 14.5. The Balaban J connectivity index is 2.12. The van der Waals surface area contributed by atoms with E-state index in [-0.39, 0.29) is 5.60 Å². The summed E-state index contributed by atoms with van der Waals surface area (Å²) in [5.74, 6) is 2.46. The summed E-state index contributed by atoms with van der Waals surface area (Å²) in [5, 5.41) is 3.86. The van der Waals surface area contributed by atoms with E-state index in [1.165, 1.54) is 25.7 Å². The molecule has 4 unspecified atom stereocenters. The van der Waals surface area contributed by atoms with Gasteiger partial charge in [0.05, 0.1) is 5.60 Å². The van der Waals surface area contributed by atoms with Crippen molar-refractivity contribution in [3.8, 4) is 0 Å². The van der Waals surface area contributed by atoms with E-state index in [0.29, 0.717) is 6.04 Å². The first-order valence-electron chi connectivity index (χ1n) is 8.99. The molecule has 124 valence electrons. The molecule has 2 aliphatic rings. The monoisotopic (exact) mass is 297 g/mol. The molecule has 0 aromatic carbocycles. The second-order valence-corrected chi connectivity index (χ2v) is 7.34. The van der Waals surface area contributed by atoms with Gasteiger partial charge in [-0.05, 0) is 43.6 Å². The van der Waals surface area contributed by atoms with Crippen LogP contribution in [-0.2, 0) is 9.47 Å². The molecular formula is C18H35NO2. The van der Waals surface area contributed by atoms with Gasteiger partial charge in [-0.25, -0.2) is 0 Å². The van der Waals surface area contributed by atoms with E-state index in [0.717, 1.165) is 50.4 Å². The fourth-order valence-electron chi connectivity index (χ4n) is 4.33. The van der Waals surface area contributed by atoms with E-state index in [9.17, 15) is 0 Å². The molecule has 3 nitrogen and oxygen atoms in total. The third-order valence-corrected chi connectivity index (χ3v) is 6.04. The van der Waals surface area contributed by atoms with Gasteiger partial charge in [0.25, 0.3) is 0 Å². The summed E-state index contributed by atoms with van der Waals surface area (Å²) in [5.41, 5.74) is -0.0155. The number of ether oxygens (including phenoxy) is 2. The van der Waals surface area contributed by atoms with Crippen LogP contribution in [0.4, 0.5) is 0 Å². The molecule has 0 aromatic heterocycles. The SMILES string of the molecule is CCCNC(C1CCC(C)C(C)C1)C1(OC)CCOCC1. The van der Waals surface area contributed by atoms with Crippen molar-refractivity contribution in [2.45, 2.75) is 70.9 Å². The lowest BCUT2D eigenvalue weighted by atomic mass is 9.68. The van der Waals surface area contributed by atoms with Gasteiger partial charge in [0, 0.05) is 39.2 Å². The van der Waals surface area contributed by atoms with E-state index < -0.39 is 0 Å². The minimum atomic E-state index is -0.0155. The molecule has 1 aliphatic heterocycles. The van der Waals surface area contributed by atoms with E-state index in [2.05, 4.69) is 26.1 Å². The van der Waals surface area contributed by atoms with Crippen molar-refractivity contribution in [1.29, 1.82) is 0 Å². The Kier molecular flexibility index (Phi) is 6.51. The normalized spacial score (nSPS) is 34.6. The zero-order valence-electron chi connectivity index (χ0n) is 14.5. The summed E-state index contributed by atoms with van der Waals surface area (Å²) >= 11 is 0. The minimum Gasteiger partial charge on any atom is -0.381 e. The molecule has 0 radical (unpaired) electrons. The third kappa shape index (κ3) is 4.00. The zero-order chi connectivity index (χ0) is 15.3. The lowest BCUT2D eigenvalue weighted by Gasteiger charge is -2.48. The molecule has 3 heteroatoms. The molecule has 1 aliphatic carbocycles. The predicted molar refractivity (Wildman–Crippen MR) is 87.5 cm³/mol. The van der Waals surface area contributed by atoms with Gasteiger partial charge in [-0.15, -0.1) is 0 Å². The van der Waals surface area contributed by atoms with Gasteiger partial charge in [0.2, 0.25) is 0 Å². The van der Waals surface area contributed by atoms with Gasteiger partial charge in [-0.3, -0.25) is 0 Å². The first-order chi connectivity index (χ1) is 10.1. The number of hydrogen-bond donors (Lipinski definition) is 1. The van der Waals surface area contributed by atoms with Crippen molar-refractivity contribution in [2.75, 3.05) is 26.9 Å². The molecule has 4 atom stereocenters. The molecule has 0 bridgehead atoms. The Labute approximate surface area is 131 Å². The number of methoxy groups -OCH3 is 1. The second-order valence-electron chi connectivity index (χ2n) is 7.34. The number of hydrogen-bond acceptors (Lipinski definition) is 3. The molecule has 1 N–H and O–H groups in total. The van der Waals surface area contributed by atoms with E-state index in [1.807, 2.05) is 7.11 Å². The highest BCUT2D eigenvalue weighted by atomic mass is 16.5. The van der Waals surface area contributed by atoms with Crippen LogP contribution in [0.3, 0.4) is 0 Å². The van der Waals surface area contributed by atoms with Crippen LogP contribution in [0.1, 0.15) is 59.3 Å². The lowest BCUT2D eigenvalue weighted by molar-refractivity contribution is -0.125. The highest BCUT2D eigenvalue weighted by Gasteiger charge is 2.45. The summed E-state index contributed by atoms with van der Waals surface area (Å²) in [6.45, 7) is 9.87. The molecule has 21 heavy (non-hydrogen) atoms. The van der Waals surface area contributed by atoms with Gasteiger partial charge >= 0.3 is 0 Å². The largest absolute Gasteiger partial charge is 0.381 e. The maximum Gasteiger partial charge on any atom is 0.0877 e. The van der Waals surface area contributed by atoms with Crippen molar-refractivity contribution in [3.63, 3.8) is 0 Å². The Morgan fingerprint density at radius 3 is 2.48 bits per heavy atom. The quantitative estimate of drug-likeness (QED) is 0.812. The van der Waals surface area contributed by atoms with Crippen molar-refractivity contribution in [2.24, 2.45) is 17.8 Å². The predicted octanol–water partition coefficient (Wildman–Crippen LogP) is 3.62. The second kappa shape index (κ2) is 7.94. The maximum atomic E-state index is 6.11. The van der Waals surface area contributed by atoms with Crippen molar-refractivity contribution in [3.05, 3.63) is 0 Å². The van der Waals surface area contributed by atoms with Gasteiger partial charge in [-0.1, -0.05) is 27.2 Å². The van der Waals surface area contributed by atoms with Crippen LogP contribution in [-0.4, -0.2) is 38.5 Å². The van der Waals surface area contributed by atoms with Gasteiger partial charge in [0.15, 0.2) is 0 Å². The Bertz CT molecular complexity index is 302. The standard InChI is InChI=1S/C18H35NO2/c1-5-10-19-17(16-7-6-14(2)15(3)13-16)18(20-4)8-11-21-12-9-18/h14-17,19H,5-13H2,1-4H3. The van der Waals surface area contributed by atoms with E-state index >= 15 is 0 Å². The third-order valence-electron chi connectivity index (χ3n) is 6.04. The Morgan fingerprint density at radius 2 is 1.90 bits per heavy atom. The lowest BCUT2D eigenvalue weighted by Crippen LogP contribution is -2.59. The first kappa shape index (κ1) is 17.2. The van der Waals surface area contributed by atoms with Crippen molar-refractivity contribution in [1.82, 2.24) is 5.32 Å². The van der Waals surface area contributed by atoms with Gasteiger partial charge in [0.1, 0.15) is 0 Å². The van der Waals surface area contributed by atoms with Gasteiger partial charge in [-0.2, -0.15) is 0 Å². The molecule has 1 saturated heterocycles. The maximum absolute atomic E-state index is 6.11. The summed E-state index contributed by atoms with van der Waals surface area (Å²) in [4.78, 5) is 0. The highest BCUT2D eigenvalue weighted by molar-refractivity contribution is 5.00. The average Bonchev–Trinajstić information content (AvgIpc) is 2.52. The number of rotatable bonds is 6. The first-order valence-corrected chi connectivity index (χ1v) is 8.99. The fourth-order valence-corrected chi connectivity index (χ4v) is 4.33. The van der Waals surface area contributed by atoms with Gasteiger partial charge < -0.3 is 14.8 Å². The molecule has 1 saturated carbocycles. The summed E-state index contributed by atoms with van der Waals surface area (Å²) in [6.07, 6.45) is 7.31. The van der Waals surface area contributed by atoms with Crippen molar-refractivity contribution < 1.29 is 9.47 Å².